The zero-order chi connectivity index (χ0) is 12.1. The number of hydrogen-bond donors (Lipinski definition) is 2. The zero-order valence-electron chi connectivity index (χ0n) is 10.2. The molecule has 2 rings (SSSR count). The molecular weight excluding hydrogens is 252 g/mol. The standard InChI is InChI=1S/C12H18N4O.ClH/c13-9-3-1-2-4-10(9)16-8-12(17)11-7-14-5-6-15-11;/h5-7,9-10,16H,1-4,8,13H2;1H. The highest BCUT2D eigenvalue weighted by atomic mass is 35.5. The third kappa shape index (κ3) is 4.01. The molecule has 0 aliphatic heterocycles. The molecule has 1 aliphatic rings. The number of aromatic nitrogens is 2. The number of carbonyl (C=O) groups is 1. The van der Waals surface area contributed by atoms with Crippen molar-refractivity contribution in [1.82, 2.24) is 15.3 Å². The maximum absolute atomic E-state index is 11.8. The van der Waals surface area contributed by atoms with Crippen LogP contribution in [0.15, 0.2) is 18.6 Å². The summed E-state index contributed by atoms with van der Waals surface area (Å²) in [6, 6.07) is 0.419. The van der Waals surface area contributed by atoms with Crippen LogP contribution in [0.2, 0.25) is 0 Å². The van der Waals surface area contributed by atoms with Crippen molar-refractivity contribution in [2.24, 2.45) is 5.73 Å². The average Bonchev–Trinajstić information content (AvgIpc) is 2.38. The van der Waals surface area contributed by atoms with E-state index in [-0.39, 0.29) is 36.8 Å². The first-order chi connectivity index (χ1) is 8.27. The summed E-state index contributed by atoms with van der Waals surface area (Å²) in [6.45, 7) is 0.289. The molecule has 3 N–H and O–H groups in total. The van der Waals surface area contributed by atoms with Crippen LogP contribution in [0.3, 0.4) is 0 Å². The molecule has 2 atom stereocenters. The Balaban J connectivity index is 0.00000162. The number of halogens is 1. The van der Waals surface area contributed by atoms with Gasteiger partial charge in [-0.05, 0) is 12.8 Å². The van der Waals surface area contributed by atoms with Gasteiger partial charge >= 0.3 is 0 Å². The van der Waals surface area contributed by atoms with E-state index < -0.39 is 0 Å². The molecule has 0 amide bonds. The normalized spacial score (nSPS) is 23.2. The topological polar surface area (TPSA) is 80.9 Å². The van der Waals surface area contributed by atoms with Gasteiger partial charge in [-0.3, -0.25) is 9.78 Å². The molecule has 2 unspecified atom stereocenters. The molecular formula is C12H19ClN4O. The van der Waals surface area contributed by atoms with Crippen LogP contribution in [-0.2, 0) is 0 Å². The lowest BCUT2D eigenvalue weighted by molar-refractivity contribution is 0.0978. The lowest BCUT2D eigenvalue weighted by atomic mass is 9.91. The molecule has 1 aromatic heterocycles. The quantitative estimate of drug-likeness (QED) is 0.796. The molecule has 0 saturated heterocycles. The Hall–Kier alpha value is -1.04. The summed E-state index contributed by atoms with van der Waals surface area (Å²) >= 11 is 0. The summed E-state index contributed by atoms with van der Waals surface area (Å²) in [4.78, 5) is 19.6. The molecule has 5 nitrogen and oxygen atoms in total. The molecule has 0 spiro atoms. The minimum absolute atomic E-state index is 0. The second-order valence-electron chi connectivity index (χ2n) is 4.45. The Kier molecular flexibility index (Phi) is 6.18. The van der Waals surface area contributed by atoms with E-state index in [0.717, 1.165) is 12.8 Å². The van der Waals surface area contributed by atoms with Gasteiger partial charge in [-0.2, -0.15) is 0 Å². The highest BCUT2D eigenvalue weighted by Gasteiger charge is 2.22. The number of nitrogens with two attached hydrogens (primary N) is 1. The van der Waals surface area contributed by atoms with Gasteiger partial charge in [0.05, 0.1) is 12.7 Å². The summed E-state index contributed by atoms with van der Waals surface area (Å²) in [5.41, 5.74) is 6.41. The predicted molar refractivity (Wildman–Crippen MR) is 71.8 cm³/mol. The van der Waals surface area contributed by atoms with Crippen LogP contribution in [0, 0.1) is 0 Å². The van der Waals surface area contributed by atoms with Crippen LogP contribution < -0.4 is 11.1 Å². The van der Waals surface area contributed by atoms with Gasteiger partial charge in [-0.1, -0.05) is 12.8 Å². The van der Waals surface area contributed by atoms with Crippen molar-refractivity contribution in [1.29, 1.82) is 0 Å². The van der Waals surface area contributed by atoms with Crippen molar-refractivity contribution in [2.75, 3.05) is 6.54 Å². The maximum atomic E-state index is 11.8. The fraction of sp³-hybridized carbons (Fsp3) is 0.583. The maximum Gasteiger partial charge on any atom is 0.196 e. The van der Waals surface area contributed by atoms with E-state index in [1.165, 1.54) is 25.2 Å². The van der Waals surface area contributed by atoms with Gasteiger partial charge in [0, 0.05) is 24.5 Å². The largest absolute Gasteiger partial charge is 0.326 e. The first-order valence-corrected chi connectivity index (χ1v) is 6.05. The van der Waals surface area contributed by atoms with E-state index >= 15 is 0 Å². The summed E-state index contributed by atoms with van der Waals surface area (Å²) in [7, 11) is 0. The van der Waals surface area contributed by atoms with E-state index in [4.69, 9.17) is 5.73 Å². The van der Waals surface area contributed by atoms with Crippen molar-refractivity contribution in [3.8, 4) is 0 Å². The Labute approximate surface area is 113 Å². The van der Waals surface area contributed by atoms with Crippen molar-refractivity contribution in [3.05, 3.63) is 24.3 Å². The average molecular weight is 271 g/mol. The van der Waals surface area contributed by atoms with Gasteiger partial charge in [0.25, 0.3) is 0 Å². The third-order valence-corrected chi connectivity index (χ3v) is 3.19. The number of ketones is 1. The van der Waals surface area contributed by atoms with Crippen molar-refractivity contribution in [3.63, 3.8) is 0 Å². The van der Waals surface area contributed by atoms with Crippen LogP contribution in [0.4, 0.5) is 0 Å². The van der Waals surface area contributed by atoms with Crippen LogP contribution in [0.5, 0.6) is 0 Å². The monoisotopic (exact) mass is 270 g/mol. The Morgan fingerprint density at radius 1 is 1.39 bits per heavy atom. The Morgan fingerprint density at radius 2 is 2.17 bits per heavy atom. The number of hydrogen-bond acceptors (Lipinski definition) is 5. The highest BCUT2D eigenvalue weighted by molar-refractivity contribution is 5.95. The molecule has 1 aromatic rings. The van der Waals surface area contributed by atoms with Gasteiger partial charge in [0.15, 0.2) is 5.78 Å². The number of carbonyl (C=O) groups excluding carboxylic acids is 1. The second kappa shape index (κ2) is 7.41. The third-order valence-electron chi connectivity index (χ3n) is 3.19. The predicted octanol–water partition coefficient (Wildman–Crippen LogP) is 0.941. The van der Waals surface area contributed by atoms with E-state index in [1.54, 1.807) is 6.20 Å². The van der Waals surface area contributed by atoms with Crippen molar-refractivity contribution >= 4 is 18.2 Å². The first-order valence-electron chi connectivity index (χ1n) is 6.05. The van der Waals surface area contributed by atoms with Gasteiger partial charge < -0.3 is 11.1 Å². The minimum atomic E-state index is -0.0316. The number of nitrogens with one attached hydrogen (secondary N) is 1. The fourth-order valence-electron chi connectivity index (χ4n) is 2.17. The van der Waals surface area contributed by atoms with Crippen molar-refractivity contribution in [2.45, 2.75) is 37.8 Å². The van der Waals surface area contributed by atoms with Gasteiger partial charge in [-0.25, -0.2) is 4.98 Å². The van der Waals surface area contributed by atoms with Gasteiger partial charge in [0.2, 0.25) is 0 Å². The fourth-order valence-corrected chi connectivity index (χ4v) is 2.17. The summed E-state index contributed by atoms with van der Waals surface area (Å²) in [5.74, 6) is -0.0316. The molecule has 100 valence electrons. The van der Waals surface area contributed by atoms with Crippen LogP contribution >= 0.6 is 12.4 Å². The van der Waals surface area contributed by atoms with Gasteiger partial charge in [-0.15, -0.1) is 12.4 Å². The van der Waals surface area contributed by atoms with Crippen LogP contribution in [-0.4, -0.2) is 34.4 Å². The molecule has 1 heterocycles. The smallest absolute Gasteiger partial charge is 0.196 e. The SMILES string of the molecule is Cl.NC1CCCCC1NCC(=O)c1cnccn1. The van der Waals surface area contributed by atoms with Crippen molar-refractivity contribution < 1.29 is 4.79 Å². The molecule has 18 heavy (non-hydrogen) atoms. The molecule has 1 fully saturated rings. The Bertz CT molecular complexity index is 374. The van der Waals surface area contributed by atoms with Crippen LogP contribution in [0.1, 0.15) is 36.2 Å². The number of rotatable bonds is 4. The van der Waals surface area contributed by atoms with E-state index in [2.05, 4.69) is 15.3 Å². The molecule has 0 aromatic carbocycles. The van der Waals surface area contributed by atoms with Crippen LogP contribution in [0.25, 0.3) is 0 Å². The minimum Gasteiger partial charge on any atom is -0.326 e. The highest BCUT2D eigenvalue weighted by Crippen LogP contribution is 2.16. The zero-order valence-corrected chi connectivity index (χ0v) is 11.0. The van der Waals surface area contributed by atoms with E-state index in [1.807, 2.05) is 0 Å². The first kappa shape index (κ1) is 15.0. The Morgan fingerprint density at radius 3 is 2.83 bits per heavy atom. The molecule has 0 radical (unpaired) electrons. The summed E-state index contributed by atoms with van der Waals surface area (Å²) < 4.78 is 0. The molecule has 1 saturated carbocycles. The molecule has 0 bridgehead atoms. The second-order valence-corrected chi connectivity index (χ2v) is 4.45. The van der Waals surface area contributed by atoms with E-state index in [9.17, 15) is 4.79 Å². The lowest BCUT2D eigenvalue weighted by Gasteiger charge is -2.29. The van der Waals surface area contributed by atoms with E-state index in [0.29, 0.717) is 5.69 Å². The molecule has 1 aliphatic carbocycles. The summed E-state index contributed by atoms with van der Waals surface area (Å²) in [6.07, 6.45) is 9.04. The summed E-state index contributed by atoms with van der Waals surface area (Å²) in [5, 5.41) is 3.23. The number of Topliss-reactive ketones (excluding diaryl/α,β-unsaturated/α-hetero) is 1. The number of nitrogens with zero attached hydrogens (tertiary/aromatic N) is 2. The van der Waals surface area contributed by atoms with Gasteiger partial charge in [0.1, 0.15) is 5.69 Å². The lowest BCUT2D eigenvalue weighted by Crippen LogP contribution is -2.48. The molecule has 6 heteroatoms.